The Balaban J connectivity index is 7.12. The highest BCUT2D eigenvalue weighted by Crippen LogP contribution is 2.53. The van der Waals surface area contributed by atoms with Crippen LogP contribution in [-0.2, 0) is 18.1 Å². The molecule has 0 aliphatic rings. The van der Waals surface area contributed by atoms with Gasteiger partial charge < -0.3 is 18.8 Å². The Morgan fingerprint density at radius 1 is 0.944 bits per heavy atom. The molecule has 0 heterocycles. The maximum Gasteiger partial charge on any atom is 0.378 e. The summed E-state index contributed by atoms with van der Waals surface area (Å²) in [5, 5.41) is 19.3. The Morgan fingerprint density at radius 2 is 1.39 bits per heavy atom. The molecule has 6 nitrogen and oxygen atoms in total. The van der Waals surface area contributed by atoms with Gasteiger partial charge in [0.15, 0.2) is 18.1 Å². The van der Waals surface area contributed by atoms with Crippen LogP contribution in [0.4, 0.5) is 35.1 Å². The first-order valence-electron chi connectivity index (χ1n) is 10.5. The van der Waals surface area contributed by atoms with Crippen LogP contribution in [-0.4, -0.2) is 80.6 Å². The van der Waals surface area contributed by atoms with Gasteiger partial charge in [0.1, 0.15) is 10.5 Å². The third kappa shape index (κ3) is 6.96. The van der Waals surface area contributed by atoms with Gasteiger partial charge in [-0.15, -0.1) is 0 Å². The summed E-state index contributed by atoms with van der Waals surface area (Å²) in [5.74, 6) is -23.8. The van der Waals surface area contributed by atoms with Crippen molar-refractivity contribution in [3.05, 3.63) is 11.1 Å². The average molecular weight is 593 g/mol. The molecule has 2 N–H and O–H groups in total. The predicted molar refractivity (Wildman–Crippen MR) is 123 cm³/mol. The Morgan fingerprint density at radius 3 is 1.69 bits per heavy atom. The highest BCUT2D eigenvalue weighted by atomic mass is 28.4. The zero-order valence-electron chi connectivity index (χ0n) is 21.1. The molecule has 17 heteroatoms. The summed E-state index contributed by atoms with van der Waals surface area (Å²) in [6.45, 7) is 10.6. The zero-order valence-corrected chi connectivity index (χ0v) is 25.5. The summed E-state index contributed by atoms with van der Waals surface area (Å²) in [7, 11) is -3.61. The van der Waals surface area contributed by atoms with E-state index in [2.05, 4.69) is 0 Å². The van der Waals surface area contributed by atoms with Gasteiger partial charge >= 0.3 is 36.1 Å². The normalized spacial score (nSPS) is 16.6. The topological polar surface area (TPSA) is 93.1 Å². The van der Waals surface area contributed by atoms with Crippen LogP contribution in [0, 0.1) is 10.8 Å². The fourth-order valence-electron chi connectivity index (χ4n) is 3.45. The lowest BCUT2D eigenvalue weighted by molar-refractivity contribution is -0.337. The lowest BCUT2D eigenvalue weighted by Gasteiger charge is -2.49. The molecule has 0 radical (unpaired) electrons. The molecule has 0 rings (SSSR count). The molecule has 0 aliphatic heterocycles. The molecule has 0 aromatic heterocycles. The lowest BCUT2D eigenvalue weighted by atomic mass is 9.62. The van der Waals surface area contributed by atoms with Gasteiger partial charge in [-0.05, 0) is 25.1 Å². The van der Waals surface area contributed by atoms with Crippen molar-refractivity contribution in [2.24, 2.45) is 10.8 Å². The second-order valence-electron chi connectivity index (χ2n) is 10.4. The molecule has 0 fully saturated rings. The van der Waals surface area contributed by atoms with Crippen LogP contribution in [0.2, 0.25) is 19.6 Å². The third-order valence-electron chi connectivity index (χ3n) is 6.18. The first-order valence-corrected chi connectivity index (χ1v) is 16.1. The molecule has 0 saturated carbocycles. The second-order valence-corrected chi connectivity index (χ2v) is 18.2. The second kappa shape index (κ2) is 11.2. The predicted octanol–water partition coefficient (Wildman–Crippen LogP) is 3.62. The Labute approximate surface area is 210 Å². The molecule has 0 amide bonds. The van der Waals surface area contributed by atoms with Gasteiger partial charge in [0, 0.05) is 5.41 Å². The van der Waals surface area contributed by atoms with E-state index in [4.69, 9.17) is 8.54 Å². The van der Waals surface area contributed by atoms with Gasteiger partial charge in [0.05, 0.1) is 23.3 Å². The minimum atomic E-state index is -6.70. The SMILES string of the molecule is CC(C)(/C(C(=O)O)=C(/CC(F)(F)C(F)(F)C(F)(F)C(F)F)C(=O)O)C(C)(C)C(O[Si](C)(C)C)[SiH2]O[SiH3]. The van der Waals surface area contributed by atoms with Crippen LogP contribution in [0.3, 0.4) is 0 Å². The number of aliphatic carboxylic acids is 2. The average Bonchev–Trinajstić information content (AvgIpc) is 2.64. The Bertz CT molecular complexity index is 857. The van der Waals surface area contributed by atoms with E-state index >= 15 is 0 Å². The summed E-state index contributed by atoms with van der Waals surface area (Å²) >= 11 is 0. The van der Waals surface area contributed by atoms with Gasteiger partial charge in [-0.25, -0.2) is 18.4 Å². The number of halogens is 8. The number of hydrogen-bond donors (Lipinski definition) is 2. The van der Waals surface area contributed by atoms with E-state index in [1.165, 1.54) is 13.8 Å². The van der Waals surface area contributed by atoms with Gasteiger partial charge in [-0.3, -0.25) is 0 Å². The first kappa shape index (κ1) is 34.7. The first-order chi connectivity index (χ1) is 15.7. The standard InChI is InChI=1S/C19H32F8O6Si3/c1-15(2,16(3,4)14(35-33-34)32-36(5,6)7)10(12(30)31)9(11(28)29)8-17(22,23)19(26,27)18(24,25)13(20)21/h13-14H,8,35H2,1-7,34H3,(H,28,29)(H,30,31)/b10-9-. The Kier molecular flexibility index (Phi) is 10.8. The zero-order chi connectivity index (χ0) is 29.3. The molecule has 0 saturated heterocycles. The van der Waals surface area contributed by atoms with Crippen LogP contribution in [0.15, 0.2) is 11.1 Å². The number of carboxylic acid groups (broad SMARTS) is 2. The Hall–Kier alpha value is -1.31. The van der Waals surface area contributed by atoms with E-state index in [0.717, 1.165) is 13.8 Å². The van der Waals surface area contributed by atoms with E-state index in [9.17, 15) is 54.9 Å². The van der Waals surface area contributed by atoms with Gasteiger partial charge in [0.25, 0.3) is 0 Å². The van der Waals surface area contributed by atoms with E-state index in [-0.39, 0.29) is 10.5 Å². The molecule has 1 atom stereocenters. The van der Waals surface area contributed by atoms with E-state index in [0.29, 0.717) is 0 Å². The molecule has 1 unspecified atom stereocenters. The van der Waals surface area contributed by atoms with Crippen molar-refractivity contribution >= 4 is 40.5 Å². The smallest absolute Gasteiger partial charge is 0.378 e. The third-order valence-corrected chi connectivity index (χ3v) is 10.3. The highest BCUT2D eigenvalue weighted by molar-refractivity contribution is 6.70. The monoisotopic (exact) mass is 592 g/mol. The van der Waals surface area contributed by atoms with Crippen molar-refractivity contribution in [1.82, 2.24) is 0 Å². The number of carbonyl (C=O) groups is 2. The van der Waals surface area contributed by atoms with Crippen molar-refractivity contribution < 1.29 is 63.5 Å². The van der Waals surface area contributed by atoms with Crippen LogP contribution in [0.25, 0.3) is 0 Å². The number of rotatable bonds is 14. The van der Waals surface area contributed by atoms with Gasteiger partial charge in [-0.1, -0.05) is 27.7 Å². The van der Waals surface area contributed by atoms with Crippen molar-refractivity contribution in [2.75, 3.05) is 0 Å². The minimum absolute atomic E-state index is 0.278. The van der Waals surface area contributed by atoms with Gasteiger partial charge in [-0.2, -0.15) is 26.3 Å². The molecular formula is C19H32F8O6Si3. The van der Waals surface area contributed by atoms with Crippen molar-refractivity contribution in [1.29, 1.82) is 0 Å². The summed E-state index contributed by atoms with van der Waals surface area (Å²) in [6, 6.07) is 0. The minimum Gasteiger partial charge on any atom is -0.478 e. The van der Waals surface area contributed by atoms with Gasteiger partial charge in [0.2, 0.25) is 0 Å². The summed E-state index contributed by atoms with van der Waals surface area (Å²) in [6.07, 6.45) is -7.94. The molecule has 0 aliphatic carbocycles. The van der Waals surface area contributed by atoms with E-state index < -0.39 is 88.3 Å². The lowest BCUT2D eigenvalue weighted by Crippen LogP contribution is -2.58. The maximum atomic E-state index is 14.4. The van der Waals surface area contributed by atoms with E-state index in [1.807, 2.05) is 0 Å². The molecule has 0 aromatic carbocycles. The molecule has 0 spiro atoms. The van der Waals surface area contributed by atoms with Crippen molar-refractivity contribution in [3.63, 3.8) is 0 Å². The fourth-order valence-corrected chi connectivity index (χ4v) is 8.51. The van der Waals surface area contributed by atoms with Crippen LogP contribution < -0.4 is 0 Å². The molecule has 0 bridgehead atoms. The number of alkyl halides is 8. The van der Waals surface area contributed by atoms with Crippen LogP contribution >= 0.6 is 0 Å². The highest BCUT2D eigenvalue weighted by Gasteiger charge is 2.75. The number of hydrogen-bond acceptors (Lipinski definition) is 4. The molecule has 212 valence electrons. The molecular weight excluding hydrogens is 560 g/mol. The summed E-state index contributed by atoms with van der Waals surface area (Å²) < 4.78 is 120. The van der Waals surface area contributed by atoms with Crippen LogP contribution in [0.5, 0.6) is 0 Å². The van der Waals surface area contributed by atoms with E-state index in [1.54, 1.807) is 19.6 Å². The fraction of sp³-hybridized carbons (Fsp3) is 0.789. The molecule has 0 aromatic rings. The largest absolute Gasteiger partial charge is 0.478 e. The molecule has 36 heavy (non-hydrogen) atoms. The maximum absolute atomic E-state index is 14.4. The quantitative estimate of drug-likeness (QED) is 0.182. The van der Waals surface area contributed by atoms with Crippen LogP contribution in [0.1, 0.15) is 34.1 Å². The van der Waals surface area contributed by atoms with Crippen molar-refractivity contribution in [2.45, 2.75) is 83.7 Å². The summed E-state index contributed by atoms with van der Waals surface area (Å²) in [5.41, 5.74) is -7.15. The van der Waals surface area contributed by atoms with Crippen molar-refractivity contribution in [3.8, 4) is 0 Å². The number of carboxylic acids is 2. The summed E-state index contributed by atoms with van der Waals surface area (Å²) in [4.78, 5) is 24.0.